The highest BCUT2D eigenvalue weighted by molar-refractivity contribution is 6.46. The predicted octanol–water partition coefficient (Wildman–Crippen LogP) is 3.43. The van der Waals surface area contributed by atoms with Crippen LogP contribution in [0.5, 0.6) is 0 Å². The van der Waals surface area contributed by atoms with Crippen molar-refractivity contribution in [2.24, 2.45) is 23.2 Å². The van der Waals surface area contributed by atoms with Gasteiger partial charge in [-0.1, -0.05) is 70.2 Å². The monoisotopic (exact) mass is 648 g/mol. The van der Waals surface area contributed by atoms with E-state index < -0.39 is 60.3 Å². The SMILES string of the molecule is CC(C)[C@@H](C(=O)N[C@@H](Cc1ccccc1)C(=O)N[C@@H](C)C(=O)NCB1O[C@@H]2C[C@@H]3C[C@@H](C3(C)C)[C@]2(C)O1)N(C=O)c1ccccc1F. The normalized spacial score (nSPS) is 25.9. The lowest BCUT2D eigenvalue weighted by Gasteiger charge is -2.64. The molecule has 12 heteroatoms. The summed E-state index contributed by atoms with van der Waals surface area (Å²) in [5.41, 5.74) is 0.542. The number of carbonyl (C=O) groups excluding carboxylic acids is 4. The third kappa shape index (κ3) is 6.94. The molecule has 4 amide bonds. The van der Waals surface area contributed by atoms with Gasteiger partial charge in [0.15, 0.2) is 0 Å². The van der Waals surface area contributed by atoms with Crippen LogP contribution in [0.15, 0.2) is 54.6 Å². The lowest BCUT2D eigenvalue weighted by molar-refractivity contribution is -0.199. The van der Waals surface area contributed by atoms with Crippen molar-refractivity contribution in [1.29, 1.82) is 0 Å². The molecule has 1 aliphatic heterocycles. The summed E-state index contributed by atoms with van der Waals surface area (Å²) in [5, 5.41) is 8.34. The summed E-state index contributed by atoms with van der Waals surface area (Å²) in [6, 6.07) is 11.7. The fourth-order valence-corrected chi connectivity index (χ4v) is 7.75. The number of nitrogens with one attached hydrogen (secondary N) is 3. The third-order valence-corrected chi connectivity index (χ3v) is 10.6. The molecule has 3 aliphatic carbocycles. The van der Waals surface area contributed by atoms with Gasteiger partial charge in [0.2, 0.25) is 24.1 Å². The van der Waals surface area contributed by atoms with Gasteiger partial charge in [0.05, 0.1) is 23.8 Å². The minimum atomic E-state index is -1.11. The number of carbonyl (C=O) groups is 4. The fraction of sp³-hybridized carbons (Fsp3) is 0.543. The molecule has 6 rings (SSSR count). The van der Waals surface area contributed by atoms with E-state index in [9.17, 15) is 23.6 Å². The van der Waals surface area contributed by atoms with Crippen LogP contribution in [0.1, 0.15) is 59.9 Å². The summed E-state index contributed by atoms with van der Waals surface area (Å²) in [4.78, 5) is 53.7. The quantitative estimate of drug-likeness (QED) is 0.226. The van der Waals surface area contributed by atoms with Crippen LogP contribution in [0.4, 0.5) is 10.1 Å². The molecule has 3 N–H and O–H groups in total. The third-order valence-electron chi connectivity index (χ3n) is 10.6. The second-order valence-corrected chi connectivity index (χ2v) is 14.3. The molecular weight excluding hydrogens is 602 g/mol. The van der Waals surface area contributed by atoms with Gasteiger partial charge in [0.1, 0.15) is 23.9 Å². The van der Waals surface area contributed by atoms with Gasteiger partial charge in [-0.25, -0.2) is 4.39 Å². The van der Waals surface area contributed by atoms with Crippen LogP contribution in [-0.4, -0.2) is 67.5 Å². The largest absolute Gasteiger partial charge is 0.478 e. The van der Waals surface area contributed by atoms with E-state index in [2.05, 4.69) is 36.7 Å². The predicted molar refractivity (Wildman–Crippen MR) is 176 cm³/mol. The summed E-state index contributed by atoms with van der Waals surface area (Å²) in [7, 11) is -0.583. The van der Waals surface area contributed by atoms with Crippen LogP contribution in [0.3, 0.4) is 0 Å². The van der Waals surface area contributed by atoms with Gasteiger partial charge in [-0.05, 0) is 67.6 Å². The number of hydrogen-bond acceptors (Lipinski definition) is 6. The number of benzene rings is 2. The first-order valence-electron chi connectivity index (χ1n) is 16.5. The van der Waals surface area contributed by atoms with Gasteiger partial charge < -0.3 is 25.3 Å². The molecule has 0 radical (unpaired) electrons. The maximum Gasteiger partial charge on any atom is 0.478 e. The Bertz CT molecular complexity index is 1480. The molecule has 7 atom stereocenters. The van der Waals surface area contributed by atoms with Crippen molar-refractivity contribution < 1.29 is 32.9 Å². The zero-order chi connectivity index (χ0) is 34.1. The van der Waals surface area contributed by atoms with Crippen LogP contribution >= 0.6 is 0 Å². The summed E-state index contributed by atoms with van der Waals surface area (Å²) in [6.07, 6.45) is 2.73. The highest BCUT2D eigenvalue weighted by Crippen LogP contribution is 2.65. The molecule has 2 aromatic carbocycles. The summed E-state index contributed by atoms with van der Waals surface area (Å²) >= 11 is 0. The molecule has 1 saturated heterocycles. The van der Waals surface area contributed by atoms with E-state index in [-0.39, 0.29) is 30.1 Å². The van der Waals surface area contributed by atoms with Crippen molar-refractivity contribution >= 4 is 36.9 Å². The second-order valence-electron chi connectivity index (χ2n) is 14.3. The molecule has 47 heavy (non-hydrogen) atoms. The van der Waals surface area contributed by atoms with Crippen LogP contribution in [0.2, 0.25) is 0 Å². The Kier molecular flexibility index (Phi) is 10.1. The van der Waals surface area contributed by atoms with Crippen molar-refractivity contribution in [2.75, 3.05) is 11.3 Å². The van der Waals surface area contributed by atoms with Gasteiger partial charge in [0.25, 0.3) is 0 Å². The molecule has 4 fully saturated rings. The van der Waals surface area contributed by atoms with E-state index in [4.69, 9.17) is 9.31 Å². The van der Waals surface area contributed by atoms with E-state index in [0.717, 1.165) is 23.3 Å². The average Bonchev–Trinajstić information content (AvgIpc) is 3.38. The molecule has 0 unspecified atom stereocenters. The molecule has 2 aromatic rings. The summed E-state index contributed by atoms with van der Waals surface area (Å²) < 4.78 is 27.3. The highest BCUT2D eigenvalue weighted by Gasteiger charge is 2.67. The lowest BCUT2D eigenvalue weighted by Crippen LogP contribution is -2.65. The Morgan fingerprint density at radius 2 is 1.66 bits per heavy atom. The summed E-state index contributed by atoms with van der Waals surface area (Å²) in [5.74, 6) is -1.70. The Labute approximate surface area is 276 Å². The number of hydrogen-bond donors (Lipinski definition) is 3. The molecule has 10 nitrogen and oxygen atoms in total. The minimum Gasteiger partial charge on any atom is -0.404 e. The van der Waals surface area contributed by atoms with Crippen molar-refractivity contribution in [2.45, 2.75) is 90.6 Å². The fourth-order valence-electron chi connectivity index (χ4n) is 7.75. The number of halogens is 1. The zero-order valence-electron chi connectivity index (χ0n) is 28.0. The standard InChI is InChI=1S/C35H46BFN4O6/c1-21(2)30(41(20-42)27-15-11-10-14-25(27)37)33(45)40-26(16-23-12-8-7-9-13-23)32(44)39-22(3)31(43)38-19-36-46-29-18-24-17-28(34(24,4)5)35(29,6)47-36/h7-15,20-22,24,26,28-30H,16-19H2,1-6H3,(H,38,43)(H,39,44)(H,40,45)/t22-,24-,26-,28-,29+,30-,35-/m0/s1. The van der Waals surface area contributed by atoms with Gasteiger partial charge in [0, 0.05) is 6.42 Å². The minimum absolute atomic E-state index is 0.0103. The van der Waals surface area contributed by atoms with Crippen molar-refractivity contribution in [1.82, 2.24) is 16.0 Å². The first kappa shape index (κ1) is 34.6. The number of anilines is 1. The van der Waals surface area contributed by atoms with Crippen LogP contribution in [0.25, 0.3) is 0 Å². The topological polar surface area (TPSA) is 126 Å². The molecule has 252 valence electrons. The number of nitrogens with zero attached hydrogens (tertiary/aromatic N) is 1. The Balaban J connectivity index is 1.23. The molecule has 3 saturated carbocycles. The van der Waals surface area contributed by atoms with E-state index in [1.807, 2.05) is 30.3 Å². The van der Waals surface area contributed by atoms with E-state index in [0.29, 0.717) is 18.2 Å². The van der Waals surface area contributed by atoms with Gasteiger partial charge in [-0.3, -0.25) is 24.1 Å². The Morgan fingerprint density at radius 3 is 2.30 bits per heavy atom. The van der Waals surface area contributed by atoms with E-state index >= 15 is 0 Å². The number of rotatable bonds is 13. The van der Waals surface area contributed by atoms with E-state index in [1.165, 1.54) is 18.2 Å². The Morgan fingerprint density at radius 1 is 0.979 bits per heavy atom. The van der Waals surface area contributed by atoms with E-state index in [1.54, 1.807) is 26.8 Å². The second kappa shape index (κ2) is 13.8. The first-order chi connectivity index (χ1) is 22.3. The van der Waals surface area contributed by atoms with Gasteiger partial charge >= 0.3 is 7.12 Å². The zero-order valence-corrected chi connectivity index (χ0v) is 28.0. The van der Waals surface area contributed by atoms with Crippen molar-refractivity contribution in [3.05, 3.63) is 66.0 Å². The number of amides is 4. The maximum atomic E-state index is 14.7. The maximum absolute atomic E-state index is 14.7. The molecule has 0 aromatic heterocycles. The lowest BCUT2D eigenvalue weighted by atomic mass is 9.43. The first-order valence-corrected chi connectivity index (χ1v) is 16.5. The highest BCUT2D eigenvalue weighted by atomic mass is 19.1. The smallest absolute Gasteiger partial charge is 0.404 e. The van der Waals surface area contributed by atoms with Gasteiger partial charge in [-0.2, -0.15) is 0 Å². The van der Waals surface area contributed by atoms with Crippen LogP contribution in [0, 0.1) is 29.0 Å². The molecule has 1 heterocycles. The molecule has 2 bridgehead atoms. The Hall–Kier alpha value is -3.77. The van der Waals surface area contributed by atoms with Gasteiger partial charge in [-0.15, -0.1) is 0 Å². The average molecular weight is 649 g/mol. The molecule has 4 aliphatic rings. The number of para-hydroxylation sites is 1. The van der Waals surface area contributed by atoms with Crippen molar-refractivity contribution in [3.63, 3.8) is 0 Å². The molecule has 0 spiro atoms. The van der Waals surface area contributed by atoms with Crippen molar-refractivity contribution in [3.8, 4) is 0 Å². The summed E-state index contributed by atoms with van der Waals surface area (Å²) in [6.45, 7) is 11.7. The molecular formula is C35H46BFN4O6. The van der Waals surface area contributed by atoms with Crippen LogP contribution in [-0.2, 0) is 34.9 Å². The van der Waals surface area contributed by atoms with Crippen LogP contribution < -0.4 is 20.9 Å².